The van der Waals surface area contributed by atoms with Gasteiger partial charge in [0.05, 0.1) is 6.04 Å². The van der Waals surface area contributed by atoms with Gasteiger partial charge >= 0.3 is 0 Å². The van der Waals surface area contributed by atoms with Crippen LogP contribution in [-0.2, 0) is 16.1 Å². The third kappa shape index (κ3) is 5.12. The number of rotatable bonds is 7. The van der Waals surface area contributed by atoms with Gasteiger partial charge in [-0.05, 0) is 50.0 Å². The van der Waals surface area contributed by atoms with Gasteiger partial charge in [0.15, 0.2) is 0 Å². The second-order valence-electron chi connectivity index (χ2n) is 5.56. The van der Waals surface area contributed by atoms with Gasteiger partial charge in [0, 0.05) is 25.9 Å². The third-order valence-corrected chi connectivity index (χ3v) is 3.80. The van der Waals surface area contributed by atoms with E-state index in [9.17, 15) is 4.79 Å². The molecule has 0 aliphatic carbocycles. The Morgan fingerprint density at radius 1 is 1.33 bits per heavy atom. The molecular formula is C16H25N3O2. The van der Waals surface area contributed by atoms with Crippen molar-refractivity contribution in [3.8, 4) is 0 Å². The van der Waals surface area contributed by atoms with Crippen molar-refractivity contribution in [3.63, 3.8) is 0 Å². The van der Waals surface area contributed by atoms with E-state index in [1.54, 1.807) is 7.11 Å². The van der Waals surface area contributed by atoms with Gasteiger partial charge in [-0.1, -0.05) is 12.1 Å². The van der Waals surface area contributed by atoms with Crippen LogP contribution in [0.3, 0.4) is 0 Å². The maximum absolute atomic E-state index is 11.9. The first-order chi connectivity index (χ1) is 10.2. The van der Waals surface area contributed by atoms with Crippen molar-refractivity contribution in [2.75, 3.05) is 32.1 Å². The van der Waals surface area contributed by atoms with Crippen LogP contribution in [0.25, 0.3) is 0 Å². The van der Waals surface area contributed by atoms with Crippen molar-refractivity contribution in [1.29, 1.82) is 0 Å². The van der Waals surface area contributed by atoms with Gasteiger partial charge in [-0.3, -0.25) is 9.69 Å². The summed E-state index contributed by atoms with van der Waals surface area (Å²) >= 11 is 0. The van der Waals surface area contributed by atoms with E-state index in [1.165, 1.54) is 31.5 Å². The molecule has 1 saturated heterocycles. The highest BCUT2D eigenvalue weighted by Crippen LogP contribution is 2.15. The number of nitrogens with one attached hydrogen (secondary N) is 1. The van der Waals surface area contributed by atoms with Crippen molar-refractivity contribution < 1.29 is 9.53 Å². The zero-order chi connectivity index (χ0) is 15.1. The zero-order valence-corrected chi connectivity index (χ0v) is 12.7. The Bertz CT molecular complexity index is 441. The molecule has 1 aliphatic heterocycles. The van der Waals surface area contributed by atoms with Gasteiger partial charge in [-0.15, -0.1) is 0 Å². The molecule has 0 spiro atoms. The fourth-order valence-corrected chi connectivity index (χ4v) is 2.50. The number of anilines is 1. The molecule has 1 unspecified atom stereocenters. The Kier molecular flexibility index (Phi) is 6.17. The number of amides is 1. The number of benzene rings is 1. The lowest BCUT2D eigenvalue weighted by atomic mass is 10.1. The summed E-state index contributed by atoms with van der Waals surface area (Å²) in [5.41, 5.74) is 7.86. The highest BCUT2D eigenvalue weighted by Gasteiger charge is 2.14. The summed E-state index contributed by atoms with van der Waals surface area (Å²) < 4.78 is 4.93. The summed E-state index contributed by atoms with van der Waals surface area (Å²) in [6.07, 6.45) is 3.12. The topological polar surface area (TPSA) is 67.6 Å². The van der Waals surface area contributed by atoms with Gasteiger partial charge in [-0.25, -0.2) is 0 Å². The number of hydrogen-bond acceptors (Lipinski definition) is 4. The van der Waals surface area contributed by atoms with Crippen LogP contribution >= 0.6 is 0 Å². The van der Waals surface area contributed by atoms with E-state index in [1.807, 2.05) is 12.1 Å². The Morgan fingerprint density at radius 2 is 2.00 bits per heavy atom. The highest BCUT2D eigenvalue weighted by atomic mass is 16.5. The minimum absolute atomic E-state index is 0.167. The third-order valence-electron chi connectivity index (χ3n) is 3.80. The van der Waals surface area contributed by atoms with Gasteiger partial charge in [0.2, 0.25) is 5.91 Å². The van der Waals surface area contributed by atoms with E-state index in [4.69, 9.17) is 10.5 Å². The largest absolute Gasteiger partial charge is 0.385 e. The van der Waals surface area contributed by atoms with Crippen LogP contribution in [0, 0.1) is 0 Å². The number of nitrogens with zero attached hydrogens (tertiary/aromatic N) is 1. The van der Waals surface area contributed by atoms with Crippen molar-refractivity contribution in [1.82, 2.24) is 4.90 Å². The number of ether oxygens (including phenoxy) is 1. The van der Waals surface area contributed by atoms with Crippen LogP contribution in [0.4, 0.5) is 5.69 Å². The molecule has 0 saturated carbocycles. The average Bonchev–Trinajstić information content (AvgIpc) is 2.99. The Balaban J connectivity index is 1.82. The minimum Gasteiger partial charge on any atom is -0.385 e. The molecule has 1 aromatic carbocycles. The normalized spacial score (nSPS) is 16.9. The molecule has 0 aromatic heterocycles. The predicted molar refractivity (Wildman–Crippen MR) is 84.1 cm³/mol. The van der Waals surface area contributed by atoms with E-state index in [0.29, 0.717) is 13.0 Å². The number of likely N-dealkylation sites (tertiary alicyclic amines) is 1. The van der Waals surface area contributed by atoms with Crippen LogP contribution in [0.15, 0.2) is 24.3 Å². The first-order valence-electron chi connectivity index (χ1n) is 7.55. The SMILES string of the molecule is COCCC(N)C(=O)Nc1ccc(CN2CCCC2)cc1. The summed E-state index contributed by atoms with van der Waals surface area (Å²) in [5.74, 6) is -0.167. The second-order valence-corrected chi connectivity index (χ2v) is 5.56. The summed E-state index contributed by atoms with van der Waals surface area (Å²) in [5, 5.41) is 2.84. The minimum atomic E-state index is -0.533. The van der Waals surface area contributed by atoms with Crippen molar-refractivity contribution >= 4 is 11.6 Å². The Labute approximate surface area is 126 Å². The molecule has 116 valence electrons. The first kappa shape index (κ1) is 15.9. The van der Waals surface area contributed by atoms with Crippen molar-refractivity contribution in [3.05, 3.63) is 29.8 Å². The van der Waals surface area contributed by atoms with Gasteiger partial charge in [0.25, 0.3) is 0 Å². The molecule has 2 rings (SSSR count). The quantitative estimate of drug-likeness (QED) is 0.800. The molecule has 1 atom stereocenters. The molecule has 0 radical (unpaired) electrons. The van der Waals surface area contributed by atoms with Crippen LogP contribution in [0.2, 0.25) is 0 Å². The molecule has 3 N–H and O–H groups in total. The van der Waals surface area contributed by atoms with Crippen LogP contribution in [-0.4, -0.2) is 43.7 Å². The number of carbonyl (C=O) groups is 1. The van der Waals surface area contributed by atoms with Crippen LogP contribution in [0.1, 0.15) is 24.8 Å². The lowest BCUT2D eigenvalue weighted by Crippen LogP contribution is -2.36. The van der Waals surface area contributed by atoms with Gasteiger partial charge in [0.1, 0.15) is 0 Å². The molecular weight excluding hydrogens is 266 g/mol. The highest BCUT2D eigenvalue weighted by molar-refractivity contribution is 5.94. The van der Waals surface area contributed by atoms with Crippen LogP contribution in [0.5, 0.6) is 0 Å². The molecule has 21 heavy (non-hydrogen) atoms. The molecule has 1 amide bonds. The van der Waals surface area contributed by atoms with Crippen molar-refractivity contribution in [2.24, 2.45) is 5.73 Å². The van der Waals surface area contributed by atoms with E-state index in [2.05, 4.69) is 22.3 Å². The zero-order valence-electron chi connectivity index (χ0n) is 12.7. The van der Waals surface area contributed by atoms with E-state index in [0.717, 1.165) is 12.2 Å². The lowest BCUT2D eigenvalue weighted by molar-refractivity contribution is -0.117. The lowest BCUT2D eigenvalue weighted by Gasteiger charge is -2.15. The summed E-state index contributed by atoms with van der Waals surface area (Å²) in [6, 6.07) is 7.47. The fraction of sp³-hybridized carbons (Fsp3) is 0.562. The Hall–Kier alpha value is -1.43. The molecule has 5 heteroatoms. The molecule has 1 aliphatic rings. The maximum atomic E-state index is 11.9. The number of hydrogen-bond donors (Lipinski definition) is 2. The molecule has 1 aromatic rings. The smallest absolute Gasteiger partial charge is 0.241 e. The standard InChI is InChI=1S/C16H25N3O2/c1-21-11-8-15(17)16(20)18-14-6-4-13(5-7-14)12-19-9-2-3-10-19/h4-7,15H,2-3,8-12,17H2,1H3,(H,18,20). The molecule has 0 bridgehead atoms. The molecule has 1 heterocycles. The van der Waals surface area contributed by atoms with Crippen LogP contribution < -0.4 is 11.1 Å². The first-order valence-corrected chi connectivity index (χ1v) is 7.55. The number of carbonyl (C=O) groups excluding carboxylic acids is 1. The predicted octanol–water partition coefficient (Wildman–Crippen LogP) is 1.58. The second kappa shape index (κ2) is 8.12. The van der Waals surface area contributed by atoms with E-state index < -0.39 is 6.04 Å². The van der Waals surface area contributed by atoms with Gasteiger partial charge < -0.3 is 15.8 Å². The average molecular weight is 291 g/mol. The van der Waals surface area contributed by atoms with Gasteiger partial charge in [-0.2, -0.15) is 0 Å². The number of methoxy groups -OCH3 is 1. The summed E-state index contributed by atoms with van der Waals surface area (Å²) in [6.45, 7) is 3.85. The number of nitrogens with two attached hydrogens (primary N) is 1. The fourth-order valence-electron chi connectivity index (χ4n) is 2.50. The molecule has 1 fully saturated rings. The van der Waals surface area contributed by atoms with E-state index in [-0.39, 0.29) is 5.91 Å². The maximum Gasteiger partial charge on any atom is 0.241 e. The summed E-state index contributed by atoms with van der Waals surface area (Å²) in [4.78, 5) is 14.3. The molecule has 5 nitrogen and oxygen atoms in total. The Morgan fingerprint density at radius 3 is 2.62 bits per heavy atom. The summed E-state index contributed by atoms with van der Waals surface area (Å²) in [7, 11) is 1.60. The van der Waals surface area contributed by atoms with E-state index >= 15 is 0 Å². The van der Waals surface area contributed by atoms with Crippen molar-refractivity contribution in [2.45, 2.75) is 31.8 Å². The monoisotopic (exact) mass is 291 g/mol.